The summed E-state index contributed by atoms with van der Waals surface area (Å²) in [5.41, 5.74) is 5.71. The van der Waals surface area contributed by atoms with E-state index in [-0.39, 0.29) is 55.1 Å². The van der Waals surface area contributed by atoms with Crippen molar-refractivity contribution in [2.45, 2.75) is 32.4 Å². The van der Waals surface area contributed by atoms with Crippen LogP contribution in [0.3, 0.4) is 0 Å². The number of amides is 2. The van der Waals surface area contributed by atoms with Crippen LogP contribution in [0.25, 0.3) is 0 Å². The molecule has 2 atom stereocenters. The minimum atomic E-state index is -0.575. The second-order valence-electron chi connectivity index (χ2n) is 5.83. The van der Waals surface area contributed by atoms with Gasteiger partial charge in [-0.1, -0.05) is 13.8 Å². The van der Waals surface area contributed by atoms with Gasteiger partial charge >= 0.3 is 0 Å². The zero-order chi connectivity index (χ0) is 15.8. The number of rotatable bonds is 8. The third kappa shape index (κ3) is 9.32. The molecule has 1 rings (SSSR count). The molecule has 1 fully saturated rings. The highest BCUT2D eigenvalue weighted by atomic mass is 35.5. The fraction of sp³-hybridized carbons (Fsp3) is 0.857. The minimum absolute atomic E-state index is 0. The summed E-state index contributed by atoms with van der Waals surface area (Å²) in [7, 11) is 1.68. The number of carbonyl (C=O) groups excluding carboxylic acids is 2. The van der Waals surface area contributed by atoms with E-state index in [9.17, 15) is 9.59 Å². The Bertz CT molecular complexity index is 359. The number of nitrogens with zero attached hydrogens (tertiary/aromatic N) is 1. The maximum absolute atomic E-state index is 11.8. The van der Waals surface area contributed by atoms with Gasteiger partial charge in [-0.3, -0.25) is 14.5 Å². The molecular formula is C14H30Cl2N4O3. The van der Waals surface area contributed by atoms with Crippen molar-refractivity contribution in [1.29, 1.82) is 0 Å². The first-order chi connectivity index (χ1) is 9.93. The van der Waals surface area contributed by atoms with Crippen molar-refractivity contribution in [3.05, 3.63) is 0 Å². The Morgan fingerprint density at radius 3 is 2.57 bits per heavy atom. The van der Waals surface area contributed by atoms with E-state index < -0.39 is 6.04 Å². The molecule has 9 heteroatoms. The van der Waals surface area contributed by atoms with Crippen LogP contribution in [0.1, 0.15) is 20.3 Å². The summed E-state index contributed by atoms with van der Waals surface area (Å²) in [6, 6.07) is -0.432. The smallest absolute Gasteiger partial charge is 0.239 e. The standard InChI is InChI=1S/C14H28N4O3.2ClH/c1-10(2)13(15)14(20)16-8-12(19)17-11-4-5-18(9-11)6-7-21-3;;/h10-11,13H,4-9,15H2,1-3H3,(H,16,20)(H,17,19);2*1H/t11?,13-;;/m0../s1. The molecule has 1 unspecified atom stereocenters. The first-order valence-corrected chi connectivity index (χ1v) is 7.48. The molecule has 4 N–H and O–H groups in total. The lowest BCUT2D eigenvalue weighted by atomic mass is 10.1. The first kappa shape index (κ1) is 24.6. The summed E-state index contributed by atoms with van der Waals surface area (Å²) in [6.07, 6.45) is 0.926. The highest BCUT2D eigenvalue weighted by Crippen LogP contribution is 2.08. The lowest BCUT2D eigenvalue weighted by molar-refractivity contribution is -0.127. The molecule has 0 aromatic rings. The Labute approximate surface area is 150 Å². The van der Waals surface area contributed by atoms with Crippen molar-refractivity contribution in [1.82, 2.24) is 15.5 Å². The number of nitrogens with one attached hydrogen (secondary N) is 2. The molecule has 138 valence electrons. The number of likely N-dealkylation sites (tertiary alicyclic amines) is 1. The fourth-order valence-corrected chi connectivity index (χ4v) is 2.24. The van der Waals surface area contributed by atoms with Gasteiger partial charge in [-0.2, -0.15) is 0 Å². The number of hydrogen-bond acceptors (Lipinski definition) is 5. The lowest BCUT2D eigenvalue weighted by Crippen LogP contribution is -2.48. The first-order valence-electron chi connectivity index (χ1n) is 7.48. The molecule has 1 saturated heterocycles. The Hall–Kier alpha value is -0.600. The third-order valence-corrected chi connectivity index (χ3v) is 3.69. The molecule has 1 aliphatic rings. The van der Waals surface area contributed by atoms with Crippen LogP contribution in [0.2, 0.25) is 0 Å². The van der Waals surface area contributed by atoms with Gasteiger partial charge in [-0.15, -0.1) is 24.8 Å². The zero-order valence-corrected chi connectivity index (χ0v) is 15.7. The monoisotopic (exact) mass is 372 g/mol. The van der Waals surface area contributed by atoms with Crippen molar-refractivity contribution < 1.29 is 14.3 Å². The molecule has 0 aromatic heterocycles. The molecule has 1 heterocycles. The maximum Gasteiger partial charge on any atom is 0.239 e. The van der Waals surface area contributed by atoms with E-state index >= 15 is 0 Å². The van der Waals surface area contributed by atoms with Crippen LogP contribution in [0.15, 0.2) is 0 Å². The minimum Gasteiger partial charge on any atom is -0.383 e. The predicted octanol–water partition coefficient (Wildman–Crippen LogP) is -0.234. The SMILES string of the molecule is COCCN1CCC(NC(=O)CNC(=O)[C@@H](N)C(C)C)C1.Cl.Cl. The molecule has 2 amide bonds. The third-order valence-electron chi connectivity index (χ3n) is 3.69. The van der Waals surface area contributed by atoms with E-state index in [4.69, 9.17) is 10.5 Å². The zero-order valence-electron chi connectivity index (χ0n) is 14.0. The topological polar surface area (TPSA) is 96.7 Å². The largest absolute Gasteiger partial charge is 0.383 e. The molecule has 7 nitrogen and oxygen atoms in total. The molecule has 0 aliphatic carbocycles. The Morgan fingerprint density at radius 1 is 1.35 bits per heavy atom. The van der Waals surface area contributed by atoms with Crippen molar-refractivity contribution in [2.75, 3.05) is 39.9 Å². The van der Waals surface area contributed by atoms with Crippen LogP contribution in [0, 0.1) is 5.92 Å². The lowest BCUT2D eigenvalue weighted by Gasteiger charge is -2.17. The van der Waals surface area contributed by atoms with E-state index in [2.05, 4.69) is 15.5 Å². The molecule has 0 radical (unpaired) electrons. The molecular weight excluding hydrogens is 343 g/mol. The quantitative estimate of drug-likeness (QED) is 0.546. The van der Waals surface area contributed by atoms with Gasteiger partial charge in [-0.25, -0.2) is 0 Å². The van der Waals surface area contributed by atoms with E-state index in [1.54, 1.807) is 7.11 Å². The van der Waals surface area contributed by atoms with Gasteiger partial charge in [0.05, 0.1) is 19.2 Å². The highest BCUT2D eigenvalue weighted by molar-refractivity contribution is 5.87. The molecule has 0 bridgehead atoms. The average molecular weight is 373 g/mol. The van der Waals surface area contributed by atoms with Crippen LogP contribution in [-0.2, 0) is 14.3 Å². The van der Waals surface area contributed by atoms with Crippen molar-refractivity contribution in [3.63, 3.8) is 0 Å². The Kier molecular flexibility index (Phi) is 13.7. The summed E-state index contributed by atoms with van der Waals surface area (Å²) in [6.45, 7) is 7.09. The summed E-state index contributed by atoms with van der Waals surface area (Å²) in [5.74, 6) is -0.400. The summed E-state index contributed by atoms with van der Waals surface area (Å²) < 4.78 is 5.04. The van der Waals surface area contributed by atoms with E-state index in [0.29, 0.717) is 6.61 Å². The van der Waals surface area contributed by atoms with Crippen LogP contribution in [-0.4, -0.2) is 68.7 Å². The van der Waals surface area contributed by atoms with Gasteiger partial charge in [0.25, 0.3) is 0 Å². The van der Waals surface area contributed by atoms with Crippen LogP contribution >= 0.6 is 24.8 Å². The van der Waals surface area contributed by atoms with Crippen molar-refractivity contribution in [3.8, 4) is 0 Å². The number of nitrogens with two attached hydrogens (primary N) is 1. The van der Waals surface area contributed by atoms with Gasteiger partial charge < -0.3 is 21.1 Å². The normalized spacial score (nSPS) is 18.7. The van der Waals surface area contributed by atoms with Gasteiger partial charge in [0.2, 0.25) is 11.8 Å². The molecule has 23 heavy (non-hydrogen) atoms. The predicted molar refractivity (Wildman–Crippen MR) is 95.2 cm³/mol. The number of halogens is 2. The fourth-order valence-electron chi connectivity index (χ4n) is 2.24. The Morgan fingerprint density at radius 2 is 2.00 bits per heavy atom. The van der Waals surface area contributed by atoms with Crippen molar-refractivity contribution in [2.24, 2.45) is 11.7 Å². The number of methoxy groups -OCH3 is 1. The van der Waals surface area contributed by atoms with E-state index in [0.717, 1.165) is 26.1 Å². The number of ether oxygens (including phenoxy) is 1. The molecule has 0 aromatic carbocycles. The van der Waals surface area contributed by atoms with E-state index in [1.165, 1.54) is 0 Å². The summed E-state index contributed by atoms with van der Waals surface area (Å²) >= 11 is 0. The van der Waals surface area contributed by atoms with Crippen LogP contribution in [0.4, 0.5) is 0 Å². The second-order valence-corrected chi connectivity index (χ2v) is 5.83. The van der Waals surface area contributed by atoms with Gasteiger partial charge in [0, 0.05) is 32.8 Å². The maximum atomic E-state index is 11.8. The van der Waals surface area contributed by atoms with Gasteiger partial charge in [0.15, 0.2) is 0 Å². The van der Waals surface area contributed by atoms with Gasteiger partial charge in [-0.05, 0) is 12.3 Å². The molecule has 0 saturated carbocycles. The number of hydrogen-bond donors (Lipinski definition) is 3. The van der Waals surface area contributed by atoms with Crippen LogP contribution < -0.4 is 16.4 Å². The number of carbonyl (C=O) groups is 2. The van der Waals surface area contributed by atoms with Gasteiger partial charge in [0.1, 0.15) is 0 Å². The van der Waals surface area contributed by atoms with Crippen molar-refractivity contribution >= 4 is 36.6 Å². The van der Waals surface area contributed by atoms with Crippen LogP contribution in [0.5, 0.6) is 0 Å². The average Bonchev–Trinajstić information content (AvgIpc) is 2.88. The molecule has 0 spiro atoms. The summed E-state index contributed by atoms with van der Waals surface area (Å²) in [5, 5.41) is 5.51. The Balaban J connectivity index is 0. The van der Waals surface area contributed by atoms with E-state index in [1.807, 2.05) is 13.8 Å². The highest BCUT2D eigenvalue weighted by Gasteiger charge is 2.24. The molecule has 1 aliphatic heterocycles. The summed E-state index contributed by atoms with van der Waals surface area (Å²) in [4.78, 5) is 25.7. The second kappa shape index (κ2) is 12.8.